The minimum Gasteiger partial charge on any atom is -0.337 e. The molecule has 1 aromatic heterocycles. The fourth-order valence-corrected chi connectivity index (χ4v) is 2.85. The highest BCUT2D eigenvalue weighted by Gasteiger charge is 2.27. The number of hydrogen-bond donors (Lipinski definition) is 1. The second-order valence-electron chi connectivity index (χ2n) is 5.90. The standard InChI is InChI=1S/C16H21N5O/c1-12(17)13-6-5-9-20(10-13)16(22)15-11-21(19-18-15)14-7-3-2-4-8-14/h2-4,7-8,11-13H,5-6,9-10,17H2,1H3. The van der Waals surface area contributed by atoms with E-state index in [-0.39, 0.29) is 11.9 Å². The molecule has 1 aliphatic heterocycles. The van der Waals surface area contributed by atoms with Crippen LogP contribution in [-0.2, 0) is 0 Å². The van der Waals surface area contributed by atoms with Crippen LogP contribution in [-0.4, -0.2) is 44.9 Å². The summed E-state index contributed by atoms with van der Waals surface area (Å²) in [7, 11) is 0. The molecule has 116 valence electrons. The maximum atomic E-state index is 12.6. The number of nitrogens with zero attached hydrogens (tertiary/aromatic N) is 4. The van der Waals surface area contributed by atoms with Crippen molar-refractivity contribution in [1.82, 2.24) is 19.9 Å². The van der Waals surface area contributed by atoms with E-state index < -0.39 is 0 Å². The zero-order valence-corrected chi connectivity index (χ0v) is 12.7. The Morgan fingerprint density at radius 3 is 2.86 bits per heavy atom. The Kier molecular flexibility index (Phi) is 4.20. The largest absolute Gasteiger partial charge is 0.337 e. The van der Waals surface area contributed by atoms with Crippen molar-refractivity contribution < 1.29 is 4.79 Å². The molecule has 2 unspecified atom stereocenters. The molecule has 6 heteroatoms. The summed E-state index contributed by atoms with van der Waals surface area (Å²) in [6.07, 6.45) is 3.76. The molecule has 6 nitrogen and oxygen atoms in total. The third kappa shape index (κ3) is 3.01. The number of benzene rings is 1. The van der Waals surface area contributed by atoms with E-state index in [2.05, 4.69) is 10.3 Å². The van der Waals surface area contributed by atoms with Crippen molar-refractivity contribution in [2.75, 3.05) is 13.1 Å². The van der Waals surface area contributed by atoms with Crippen LogP contribution in [0.15, 0.2) is 36.5 Å². The Hall–Kier alpha value is -2.21. The van der Waals surface area contributed by atoms with E-state index in [9.17, 15) is 4.79 Å². The molecule has 1 amide bonds. The molecule has 0 radical (unpaired) electrons. The molecule has 1 fully saturated rings. The Labute approximate surface area is 129 Å². The molecule has 0 saturated carbocycles. The first-order valence-corrected chi connectivity index (χ1v) is 7.68. The van der Waals surface area contributed by atoms with E-state index in [1.807, 2.05) is 42.2 Å². The van der Waals surface area contributed by atoms with Crippen molar-refractivity contribution in [3.63, 3.8) is 0 Å². The lowest BCUT2D eigenvalue weighted by Crippen LogP contribution is -2.45. The molecule has 0 spiro atoms. The van der Waals surface area contributed by atoms with Gasteiger partial charge in [0, 0.05) is 19.1 Å². The SMILES string of the molecule is CC(N)C1CCCN(C(=O)c2cn(-c3ccccc3)nn2)C1. The summed E-state index contributed by atoms with van der Waals surface area (Å²) < 4.78 is 1.63. The van der Waals surface area contributed by atoms with E-state index >= 15 is 0 Å². The molecule has 3 rings (SSSR count). The highest BCUT2D eigenvalue weighted by Crippen LogP contribution is 2.20. The maximum Gasteiger partial charge on any atom is 0.276 e. The molecule has 0 bridgehead atoms. The molecular formula is C16H21N5O. The summed E-state index contributed by atoms with van der Waals surface area (Å²) in [4.78, 5) is 14.4. The van der Waals surface area contributed by atoms with Crippen LogP contribution in [0.5, 0.6) is 0 Å². The van der Waals surface area contributed by atoms with Gasteiger partial charge in [-0.05, 0) is 37.8 Å². The number of carbonyl (C=O) groups is 1. The van der Waals surface area contributed by atoms with Crippen molar-refractivity contribution in [3.8, 4) is 5.69 Å². The molecule has 2 N–H and O–H groups in total. The monoisotopic (exact) mass is 299 g/mol. The van der Waals surface area contributed by atoms with Crippen molar-refractivity contribution in [3.05, 3.63) is 42.2 Å². The molecule has 1 aliphatic rings. The lowest BCUT2D eigenvalue weighted by Gasteiger charge is -2.34. The van der Waals surface area contributed by atoms with Gasteiger partial charge in [0.2, 0.25) is 0 Å². The Morgan fingerprint density at radius 1 is 1.36 bits per heavy atom. The first-order valence-electron chi connectivity index (χ1n) is 7.68. The zero-order chi connectivity index (χ0) is 15.5. The van der Waals surface area contributed by atoms with Gasteiger partial charge in [-0.3, -0.25) is 4.79 Å². The van der Waals surface area contributed by atoms with E-state index in [1.54, 1.807) is 10.9 Å². The summed E-state index contributed by atoms with van der Waals surface area (Å²) in [5.41, 5.74) is 7.25. The van der Waals surface area contributed by atoms with Gasteiger partial charge in [-0.1, -0.05) is 23.4 Å². The first-order chi connectivity index (χ1) is 10.6. The van der Waals surface area contributed by atoms with Gasteiger partial charge in [0.05, 0.1) is 11.9 Å². The van der Waals surface area contributed by atoms with Crippen molar-refractivity contribution in [2.24, 2.45) is 11.7 Å². The summed E-state index contributed by atoms with van der Waals surface area (Å²) >= 11 is 0. The van der Waals surface area contributed by atoms with Crippen LogP contribution < -0.4 is 5.73 Å². The smallest absolute Gasteiger partial charge is 0.276 e. The van der Waals surface area contributed by atoms with Crippen molar-refractivity contribution >= 4 is 5.91 Å². The number of rotatable bonds is 3. The van der Waals surface area contributed by atoms with Gasteiger partial charge < -0.3 is 10.6 Å². The Morgan fingerprint density at radius 2 is 2.14 bits per heavy atom. The normalized spacial score (nSPS) is 19.9. The number of amides is 1. The van der Waals surface area contributed by atoms with Crippen LogP contribution in [0.1, 0.15) is 30.3 Å². The molecule has 2 aromatic rings. The quantitative estimate of drug-likeness (QED) is 0.931. The van der Waals surface area contributed by atoms with Crippen LogP contribution in [0.3, 0.4) is 0 Å². The van der Waals surface area contributed by atoms with Gasteiger partial charge in [-0.15, -0.1) is 5.10 Å². The fraction of sp³-hybridized carbons (Fsp3) is 0.438. The third-order valence-corrected chi connectivity index (χ3v) is 4.22. The van der Waals surface area contributed by atoms with E-state index in [4.69, 9.17) is 5.73 Å². The number of nitrogens with two attached hydrogens (primary N) is 1. The predicted octanol–water partition coefficient (Wildman–Crippen LogP) is 1.47. The van der Waals surface area contributed by atoms with Gasteiger partial charge >= 0.3 is 0 Å². The van der Waals surface area contributed by atoms with Crippen LogP contribution >= 0.6 is 0 Å². The number of aromatic nitrogens is 3. The van der Waals surface area contributed by atoms with Gasteiger partial charge in [-0.2, -0.15) is 0 Å². The van der Waals surface area contributed by atoms with Crippen molar-refractivity contribution in [1.29, 1.82) is 0 Å². The molecule has 22 heavy (non-hydrogen) atoms. The van der Waals surface area contributed by atoms with Crippen LogP contribution in [0.2, 0.25) is 0 Å². The average molecular weight is 299 g/mol. The third-order valence-electron chi connectivity index (χ3n) is 4.22. The van der Waals surface area contributed by atoms with Crippen LogP contribution in [0.25, 0.3) is 5.69 Å². The molecule has 2 atom stereocenters. The topological polar surface area (TPSA) is 77.0 Å². The Bertz CT molecular complexity index is 637. The predicted molar refractivity (Wildman–Crippen MR) is 83.6 cm³/mol. The second-order valence-corrected chi connectivity index (χ2v) is 5.90. The summed E-state index contributed by atoms with van der Waals surface area (Å²) in [6.45, 7) is 3.47. The average Bonchev–Trinajstić information content (AvgIpc) is 3.05. The van der Waals surface area contributed by atoms with Gasteiger partial charge in [0.15, 0.2) is 5.69 Å². The maximum absolute atomic E-state index is 12.6. The van der Waals surface area contributed by atoms with Crippen LogP contribution in [0, 0.1) is 5.92 Å². The number of hydrogen-bond acceptors (Lipinski definition) is 4. The summed E-state index contributed by atoms with van der Waals surface area (Å²) in [6, 6.07) is 9.75. The zero-order valence-electron chi connectivity index (χ0n) is 12.7. The van der Waals surface area contributed by atoms with E-state index in [0.717, 1.165) is 25.1 Å². The minimum absolute atomic E-state index is 0.0625. The van der Waals surface area contributed by atoms with Gasteiger partial charge in [0.1, 0.15) is 0 Å². The number of carbonyl (C=O) groups excluding carboxylic acids is 1. The Balaban J connectivity index is 1.74. The lowest BCUT2D eigenvalue weighted by atomic mass is 9.92. The second kappa shape index (κ2) is 6.27. The summed E-state index contributed by atoms with van der Waals surface area (Å²) in [5, 5.41) is 8.08. The highest BCUT2D eigenvalue weighted by atomic mass is 16.2. The molecule has 1 saturated heterocycles. The lowest BCUT2D eigenvalue weighted by molar-refractivity contribution is 0.0655. The molecule has 0 aliphatic carbocycles. The van der Waals surface area contributed by atoms with Gasteiger partial charge in [0.25, 0.3) is 5.91 Å². The molecule has 1 aromatic carbocycles. The van der Waals surface area contributed by atoms with Crippen LogP contribution in [0.4, 0.5) is 0 Å². The number of piperidine rings is 1. The number of likely N-dealkylation sites (tertiary alicyclic amines) is 1. The molecular weight excluding hydrogens is 278 g/mol. The van der Waals surface area contributed by atoms with E-state index in [0.29, 0.717) is 18.2 Å². The molecule has 2 heterocycles. The summed E-state index contributed by atoms with van der Waals surface area (Å²) in [5.74, 6) is 0.300. The minimum atomic E-state index is -0.0625. The number of para-hydroxylation sites is 1. The first kappa shape index (κ1) is 14.7. The van der Waals surface area contributed by atoms with Gasteiger partial charge in [-0.25, -0.2) is 4.68 Å². The fourth-order valence-electron chi connectivity index (χ4n) is 2.85. The highest BCUT2D eigenvalue weighted by molar-refractivity contribution is 5.92. The van der Waals surface area contributed by atoms with Crippen molar-refractivity contribution in [2.45, 2.75) is 25.8 Å². The van der Waals surface area contributed by atoms with E-state index in [1.165, 1.54) is 0 Å².